The second kappa shape index (κ2) is 8.83. The Morgan fingerprint density at radius 2 is 1.81 bits per heavy atom. The van der Waals surface area contributed by atoms with E-state index in [2.05, 4.69) is 20.5 Å². The molecule has 0 atom stereocenters. The van der Waals surface area contributed by atoms with Crippen molar-refractivity contribution in [2.45, 2.75) is 18.5 Å². The maximum atomic E-state index is 12.2. The molecule has 1 aromatic heterocycles. The smallest absolute Gasteiger partial charge is 0.273 e. The molecule has 27 heavy (non-hydrogen) atoms. The highest BCUT2D eigenvalue weighted by Crippen LogP contribution is 2.14. The van der Waals surface area contributed by atoms with Crippen LogP contribution < -0.4 is 10.9 Å². The van der Waals surface area contributed by atoms with Crippen LogP contribution in [-0.4, -0.2) is 26.8 Å². The van der Waals surface area contributed by atoms with E-state index in [9.17, 15) is 9.59 Å². The molecule has 0 aliphatic heterocycles. The van der Waals surface area contributed by atoms with Crippen LogP contribution in [-0.2, 0) is 11.2 Å². The lowest BCUT2D eigenvalue weighted by atomic mass is 10.1. The Bertz CT molecular complexity index is 988. The summed E-state index contributed by atoms with van der Waals surface area (Å²) < 4.78 is 0. The number of thioether (sulfide) groups is 1. The number of benzene rings is 2. The van der Waals surface area contributed by atoms with Gasteiger partial charge in [-0.05, 0) is 36.8 Å². The number of carbonyl (C=O) groups is 1. The molecule has 1 amide bonds. The Balaban J connectivity index is 1.57. The Labute approximate surface area is 165 Å². The van der Waals surface area contributed by atoms with E-state index < -0.39 is 0 Å². The zero-order valence-corrected chi connectivity index (χ0v) is 16.1. The zero-order chi connectivity index (χ0) is 19.2. The zero-order valence-electron chi connectivity index (χ0n) is 14.5. The van der Waals surface area contributed by atoms with Crippen LogP contribution in [0.4, 0.5) is 5.69 Å². The minimum Gasteiger partial charge on any atom is -0.325 e. The summed E-state index contributed by atoms with van der Waals surface area (Å²) in [5.74, 6) is -0.0635. The third-order valence-electron chi connectivity index (χ3n) is 3.70. The van der Waals surface area contributed by atoms with Crippen molar-refractivity contribution >= 4 is 35.0 Å². The largest absolute Gasteiger partial charge is 0.325 e. The summed E-state index contributed by atoms with van der Waals surface area (Å²) >= 11 is 6.98. The number of nitrogens with one attached hydrogen (secondary N) is 2. The van der Waals surface area contributed by atoms with Crippen LogP contribution in [0.5, 0.6) is 0 Å². The van der Waals surface area contributed by atoms with Gasteiger partial charge in [-0.15, -0.1) is 10.2 Å². The second-order valence-electron chi connectivity index (χ2n) is 5.91. The summed E-state index contributed by atoms with van der Waals surface area (Å²) in [6.07, 6.45) is 0.359. The van der Waals surface area contributed by atoms with Crippen molar-refractivity contribution in [3.8, 4) is 0 Å². The number of nitrogens with zero attached hydrogens (tertiary/aromatic N) is 2. The molecule has 0 unspecified atom stereocenters. The van der Waals surface area contributed by atoms with Crippen LogP contribution in [0, 0.1) is 6.92 Å². The molecule has 1 heterocycles. The van der Waals surface area contributed by atoms with E-state index >= 15 is 0 Å². The molecule has 0 spiro atoms. The maximum Gasteiger partial charge on any atom is 0.273 e. The maximum absolute atomic E-state index is 12.2. The number of carbonyl (C=O) groups excluding carboxylic acids is 1. The fraction of sp³-hybridized carbons (Fsp3) is 0.158. The van der Waals surface area contributed by atoms with Crippen molar-refractivity contribution in [2.24, 2.45) is 0 Å². The highest BCUT2D eigenvalue weighted by molar-refractivity contribution is 7.99. The average molecular weight is 401 g/mol. The van der Waals surface area contributed by atoms with Crippen molar-refractivity contribution < 1.29 is 4.79 Å². The minimum absolute atomic E-state index is 0.120. The Morgan fingerprint density at radius 1 is 1.11 bits per heavy atom. The first-order chi connectivity index (χ1) is 13.0. The highest BCUT2D eigenvalue weighted by Gasteiger charge is 2.09. The van der Waals surface area contributed by atoms with Gasteiger partial charge in [-0.25, -0.2) is 0 Å². The Kier molecular flexibility index (Phi) is 6.26. The van der Waals surface area contributed by atoms with Gasteiger partial charge in [-0.2, -0.15) is 0 Å². The molecule has 2 N–H and O–H groups in total. The topological polar surface area (TPSA) is 87.7 Å². The monoisotopic (exact) mass is 400 g/mol. The number of hydrogen-bond acceptors (Lipinski definition) is 5. The van der Waals surface area contributed by atoms with Crippen molar-refractivity contribution in [1.82, 2.24) is 15.2 Å². The van der Waals surface area contributed by atoms with Crippen LogP contribution in [0.25, 0.3) is 0 Å². The molecule has 0 fully saturated rings. The lowest BCUT2D eigenvalue weighted by molar-refractivity contribution is -0.113. The number of hydrogen-bond donors (Lipinski definition) is 2. The number of aryl methyl sites for hydroxylation is 1. The van der Waals surface area contributed by atoms with E-state index in [1.165, 1.54) is 0 Å². The first-order valence-corrected chi connectivity index (χ1v) is 9.55. The molecule has 0 bridgehead atoms. The van der Waals surface area contributed by atoms with Crippen LogP contribution in [0.1, 0.15) is 16.8 Å². The molecule has 0 saturated heterocycles. The molecule has 8 heteroatoms. The van der Waals surface area contributed by atoms with Gasteiger partial charge in [0.05, 0.1) is 5.75 Å². The highest BCUT2D eigenvalue weighted by atomic mass is 35.5. The molecule has 2 aromatic carbocycles. The van der Waals surface area contributed by atoms with Crippen molar-refractivity contribution in [1.29, 1.82) is 0 Å². The summed E-state index contributed by atoms with van der Waals surface area (Å²) in [6, 6.07) is 14.7. The number of rotatable bonds is 6. The summed E-state index contributed by atoms with van der Waals surface area (Å²) in [5.41, 5.74) is 2.75. The average Bonchev–Trinajstić information content (AvgIpc) is 2.66. The Hall–Kier alpha value is -2.64. The molecule has 3 aromatic rings. The molecular weight excluding hydrogens is 384 g/mol. The van der Waals surface area contributed by atoms with Crippen molar-refractivity contribution in [3.63, 3.8) is 0 Å². The molecule has 3 rings (SSSR count). The first kappa shape index (κ1) is 19.1. The van der Waals surface area contributed by atoms with Crippen molar-refractivity contribution in [3.05, 3.63) is 80.7 Å². The predicted molar refractivity (Wildman–Crippen MR) is 107 cm³/mol. The third-order valence-corrected chi connectivity index (χ3v) is 4.82. The fourth-order valence-electron chi connectivity index (χ4n) is 2.29. The summed E-state index contributed by atoms with van der Waals surface area (Å²) in [4.78, 5) is 26.9. The summed E-state index contributed by atoms with van der Waals surface area (Å²) in [6.45, 7) is 1.98. The second-order valence-corrected chi connectivity index (χ2v) is 7.31. The van der Waals surface area contributed by atoms with Gasteiger partial charge in [-0.3, -0.25) is 14.6 Å². The lowest BCUT2D eigenvalue weighted by Crippen LogP contribution is -2.19. The quantitative estimate of drug-likeness (QED) is 0.619. The standard InChI is InChI=1S/C19H17ClN4O2S/c1-12-2-8-15(9-3-12)21-17(25)11-27-19-22-18(26)16(23-24-19)10-13-4-6-14(20)7-5-13/h2-9H,10-11H2,1H3,(H,21,25)(H,22,24,26). The van der Waals surface area contributed by atoms with E-state index in [4.69, 9.17) is 11.6 Å². The summed E-state index contributed by atoms with van der Waals surface area (Å²) in [5, 5.41) is 11.7. The lowest BCUT2D eigenvalue weighted by Gasteiger charge is -2.05. The van der Waals surface area contributed by atoms with Crippen LogP contribution in [0.3, 0.4) is 0 Å². The fourth-order valence-corrected chi connectivity index (χ4v) is 3.02. The van der Waals surface area contributed by atoms with Crippen LogP contribution >= 0.6 is 23.4 Å². The van der Waals surface area contributed by atoms with Gasteiger partial charge in [0.1, 0.15) is 5.69 Å². The van der Waals surface area contributed by atoms with Gasteiger partial charge < -0.3 is 5.32 Å². The number of anilines is 1. The molecule has 0 aliphatic carbocycles. The number of aromatic nitrogens is 3. The molecule has 138 valence electrons. The molecule has 6 nitrogen and oxygen atoms in total. The molecule has 0 radical (unpaired) electrons. The van der Waals surface area contributed by atoms with E-state index in [1.54, 1.807) is 12.1 Å². The van der Waals surface area contributed by atoms with Crippen LogP contribution in [0.2, 0.25) is 5.02 Å². The number of halogens is 1. The minimum atomic E-state index is -0.318. The third kappa shape index (κ3) is 5.67. The molecule has 0 saturated carbocycles. The van der Waals surface area contributed by atoms with E-state index in [-0.39, 0.29) is 17.2 Å². The van der Waals surface area contributed by atoms with Gasteiger partial charge in [0.15, 0.2) is 5.16 Å². The van der Waals surface area contributed by atoms with E-state index in [0.717, 1.165) is 28.6 Å². The SMILES string of the molecule is Cc1ccc(NC(=O)CSc2nnc(Cc3ccc(Cl)cc3)c(=O)[nH]2)cc1. The van der Waals surface area contributed by atoms with Gasteiger partial charge in [0.25, 0.3) is 5.56 Å². The van der Waals surface area contributed by atoms with Gasteiger partial charge in [0, 0.05) is 17.1 Å². The Morgan fingerprint density at radius 3 is 2.48 bits per heavy atom. The van der Waals surface area contributed by atoms with E-state index in [0.29, 0.717) is 22.3 Å². The molecular formula is C19H17ClN4O2S. The van der Waals surface area contributed by atoms with Crippen molar-refractivity contribution in [2.75, 3.05) is 11.1 Å². The van der Waals surface area contributed by atoms with Crippen LogP contribution in [0.15, 0.2) is 58.5 Å². The normalized spacial score (nSPS) is 10.6. The first-order valence-electron chi connectivity index (χ1n) is 8.19. The predicted octanol–water partition coefficient (Wildman–Crippen LogP) is 3.45. The van der Waals surface area contributed by atoms with Gasteiger partial charge in [0.2, 0.25) is 5.91 Å². The number of H-pyrrole nitrogens is 1. The van der Waals surface area contributed by atoms with E-state index in [1.807, 2.05) is 43.3 Å². The molecule has 0 aliphatic rings. The van der Waals surface area contributed by atoms with Gasteiger partial charge in [-0.1, -0.05) is 53.2 Å². The van der Waals surface area contributed by atoms with Gasteiger partial charge >= 0.3 is 0 Å². The summed E-state index contributed by atoms with van der Waals surface area (Å²) in [7, 11) is 0. The number of amides is 1. The number of aromatic amines is 1.